The van der Waals surface area contributed by atoms with E-state index in [1.165, 1.54) is 6.33 Å². The van der Waals surface area contributed by atoms with Gasteiger partial charge in [-0.1, -0.05) is 24.6 Å². The molecule has 2 rings (SSSR count). The van der Waals surface area contributed by atoms with Gasteiger partial charge in [0.1, 0.15) is 17.3 Å². The van der Waals surface area contributed by atoms with Crippen LogP contribution in [0.3, 0.4) is 0 Å². The molecule has 0 aliphatic heterocycles. The molecular formula is C12H13ClN4. The molecule has 0 unspecified atom stereocenters. The van der Waals surface area contributed by atoms with Crippen molar-refractivity contribution in [3.63, 3.8) is 0 Å². The molecule has 0 aliphatic carbocycles. The fourth-order valence-corrected chi connectivity index (χ4v) is 1.81. The number of rotatable bonds is 4. The molecule has 0 aliphatic rings. The van der Waals surface area contributed by atoms with Crippen molar-refractivity contribution in [2.45, 2.75) is 19.9 Å². The Bertz CT molecular complexity index is 487. The fourth-order valence-electron chi connectivity index (χ4n) is 1.54. The van der Waals surface area contributed by atoms with Crippen LogP contribution in [0.1, 0.15) is 18.1 Å². The van der Waals surface area contributed by atoms with Crippen LogP contribution < -0.4 is 5.32 Å². The van der Waals surface area contributed by atoms with Gasteiger partial charge in [0.2, 0.25) is 0 Å². The van der Waals surface area contributed by atoms with Gasteiger partial charge in [0.15, 0.2) is 0 Å². The second-order valence-electron chi connectivity index (χ2n) is 3.56. The smallest absolute Gasteiger partial charge is 0.137 e. The Balaban J connectivity index is 2.12. The highest BCUT2D eigenvalue weighted by Gasteiger charge is 2.07. The van der Waals surface area contributed by atoms with E-state index in [9.17, 15) is 0 Å². The second kappa shape index (κ2) is 5.59. The third-order valence-corrected chi connectivity index (χ3v) is 2.75. The Kier molecular flexibility index (Phi) is 3.88. The summed E-state index contributed by atoms with van der Waals surface area (Å²) in [4.78, 5) is 12.2. The topological polar surface area (TPSA) is 50.7 Å². The van der Waals surface area contributed by atoms with E-state index in [4.69, 9.17) is 11.6 Å². The molecule has 0 aromatic carbocycles. The molecule has 17 heavy (non-hydrogen) atoms. The number of halogens is 1. The summed E-state index contributed by atoms with van der Waals surface area (Å²) in [5, 5.41) is 3.76. The Labute approximate surface area is 105 Å². The summed E-state index contributed by atoms with van der Waals surface area (Å²) in [5.41, 5.74) is 2.04. The van der Waals surface area contributed by atoms with Gasteiger partial charge in [-0.05, 0) is 18.1 Å². The zero-order valence-corrected chi connectivity index (χ0v) is 10.3. The Morgan fingerprint density at radius 1 is 1.35 bits per heavy atom. The maximum absolute atomic E-state index is 6.01. The molecule has 0 saturated heterocycles. The molecule has 0 spiro atoms. The number of nitrogens with zero attached hydrogens (tertiary/aromatic N) is 3. The molecule has 1 N–H and O–H groups in total. The third-order valence-electron chi connectivity index (χ3n) is 2.43. The molecule has 4 nitrogen and oxygen atoms in total. The van der Waals surface area contributed by atoms with Gasteiger partial charge in [0, 0.05) is 24.5 Å². The quantitative estimate of drug-likeness (QED) is 0.846. The largest absolute Gasteiger partial charge is 0.366 e. The summed E-state index contributed by atoms with van der Waals surface area (Å²) in [6.07, 6.45) is 5.84. The van der Waals surface area contributed by atoms with Gasteiger partial charge in [0.05, 0.1) is 0 Å². The SMILES string of the molecule is CCc1c(Cl)ncnc1NCc1cccnc1. The van der Waals surface area contributed by atoms with Gasteiger partial charge in [0.25, 0.3) is 0 Å². The average Bonchev–Trinajstić information content (AvgIpc) is 2.37. The molecule has 0 saturated carbocycles. The van der Waals surface area contributed by atoms with E-state index in [2.05, 4.69) is 20.3 Å². The van der Waals surface area contributed by atoms with Crippen LogP contribution in [0.4, 0.5) is 5.82 Å². The minimum Gasteiger partial charge on any atom is -0.366 e. The predicted molar refractivity (Wildman–Crippen MR) is 68.0 cm³/mol. The number of anilines is 1. The van der Waals surface area contributed by atoms with Crippen molar-refractivity contribution < 1.29 is 0 Å². The first-order valence-electron chi connectivity index (χ1n) is 5.43. The van der Waals surface area contributed by atoms with E-state index >= 15 is 0 Å². The standard InChI is InChI=1S/C12H13ClN4/c1-2-10-11(13)16-8-17-12(10)15-7-9-4-3-5-14-6-9/h3-6,8H,2,7H2,1H3,(H,15,16,17). The summed E-state index contributed by atoms with van der Waals surface area (Å²) in [6, 6.07) is 3.92. The van der Waals surface area contributed by atoms with Crippen molar-refractivity contribution in [1.29, 1.82) is 0 Å². The second-order valence-corrected chi connectivity index (χ2v) is 3.92. The number of pyridine rings is 1. The first-order chi connectivity index (χ1) is 8.31. The lowest BCUT2D eigenvalue weighted by Crippen LogP contribution is -2.05. The average molecular weight is 249 g/mol. The van der Waals surface area contributed by atoms with E-state index < -0.39 is 0 Å². The summed E-state index contributed by atoms with van der Waals surface area (Å²) in [6.45, 7) is 2.70. The van der Waals surface area contributed by atoms with Gasteiger partial charge in [-0.2, -0.15) is 0 Å². The number of hydrogen-bond acceptors (Lipinski definition) is 4. The third kappa shape index (κ3) is 2.91. The monoisotopic (exact) mass is 248 g/mol. The lowest BCUT2D eigenvalue weighted by molar-refractivity contribution is 1.01. The van der Waals surface area contributed by atoms with Crippen molar-refractivity contribution in [1.82, 2.24) is 15.0 Å². The Hall–Kier alpha value is -1.68. The highest BCUT2D eigenvalue weighted by Crippen LogP contribution is 2.20. The van der Waals surface area contributed by atoms with E-state index in [0.29, 0.717) is 11.7 Å². The maximum Gasteiger partial charge on any atom is 0.137 e. The van der Waals surface area contributed by atoms with Crippen molar-refractivity contribution in [2.75, 3.05) is 5.32 Å². The van der Waals surface area contributed by atoms with Crippen molar-refractivity contribution >= 4 is 17.4 Å². The lowest BCUT2D eigenvalue weighted by Gasteiger charge is -2.10. The summed E-state index contributed by atoms with van der Waals surface area (Å²) in [7, 11) is 0. The van der Waals surface area contributed by atoms with Crippen LogP contribution in [0.25, 0.3) is 0 Å². The van der Waals surface area contributed by atoms with E-state index in [0.717, 1.165) is 23.4 Å². The summed E-state index contributed by atoms with van der Waals surface area (Å²) < 4.78 is 0. The summed E-state index contributed by atoms with van der Waals surface area (Å²) >= 11 is 6.01. The first-order valence-corrected chi connectivity index (χ1v) is 5.81. The molecule has 0 fully saturated rings. The number of hydrogen-bond donors (Lipinski definition) is 1. The van der Waals surface area contributed by atoms with Crippen LogP contribution in [-0.4, -0.2) is 15.0 Å². The molecule has 2 heterocycles. The summed E-state index contributed by atoms with van der Waals surface area (Å²) in [5.74, 6) is 0.788. The predicted octanol–water partition coefficient (Wildman–Crippen LogP) is 2.70. The Morgan fingerprint density at radius 2 is 2.24 bits per heavy atom. The van der Waals surface area contributed by atoms with Crippen LogP contribution in [0.5, 0.6) is 0 Å². The number of nitrogens with one attached hydrogen (secondary N) is 1. The van der Waals surface area contributed by atoms with Gasteiger partial charge in [-0.25, -0.2) is 9.97 Å². The zero-order chi connectivity index (χ0) is 12.1. The highest BCUT2D eigenvalue weighted by molar-refractivity contribution is 6.30. The molecule has 5 heteroatoms. The van der Waals surface area contributed by atoms with Gasteiger partial charge in [-0.15, -0.1) is 0 Å². The zero-order valence-electron chi connectivity index (χ0n) is 9.52. The molecule has 2 aromatic heterocycles. The molecule has 88 valence electrons. The van der Waals surface area contributed by atoms with Crippen LogP contribution in [-0.2, 0) is 13.0 Å². The molecule has 0 amide bonds. The van der Waals surface area contributed by atoms with Crippen LogP contribution in [0.2, 0.25) is 5.15 Å². The fraction of sp³-hybridized carbons (Fsp3) is 0.250. The minimum atomic E-state index is 0.510. The molecule has 0 bridgehead atoms. The molecule has 2 aromatic rings. The molecule has 0 atom stereocenters. The van der Waals surface area contributed by atoms with Crippen LogP contribution >= 0.6 is 11.6 Å². The lowest BCUT2D eigenvalue weighted by atomic mass is 10.2. The minimum absolute atomic E-state index is 0.510. The van der Waals surface area contributed by atoms with E-state index in [1.807, 2.05) is 25.3 Å². The normalized spacial score (nSPS) is 10.2. The molecular weight excluding hydrogens is 236 g/mol. The van der Waals surface area contributed by atoms with Gasteiger partial charge >= 0.3 is 0 Å². The van der Waals surface area contributed by atoms with Crippen LogP contribution in [0.15, 0.2) is 30.9 Å². The van der Waals surface area contributed by atoms with E-state index in [-0.39, 0.29) is 0 Å². The van der Waals surface area contributed by atoms with Crippen molar-refractivity contribution in [2.24, 2.45) is 0 Å². The van der Waals surface area contributed by atoms with Gasteiger partial charge in [-0.3, -0.25) is 4.98 Å². The highest BCUT2D eigenvalue weighted by atomic mass is 35.5. The van der Waals surface area contributed by atoms with Crippen molar-refractivity contribution in [3.05, 3.63) is 47.1 Å². The first kappa shape index (κ1) is 11.8. The molecule has 0 radical (unpaired) electrons. The van der Waals surface area contributed by atoms with Gasteiger partial charge < -0.3 is 5.32 Å². The van der Waals surface area contributed by atoms with Crippen LogP contribution in [0, 0.1) is 0 Å². The maximum atomic E-state index is 6.01. The Morgan fingerprint density at radius 3 is 2.94 bits per heavy atom. The van der Waals surface area contributed by atoms with Crippen molar-refractivity contribution in [3.8, 4) is 0 Å². The number of aromatic nitrogens is 3. The van der Waals surface area contributed by atoms with E-state index in [1.54, 1.807) is 6.20 Å².